The van der Waals surface area contributed by atoms with Gasteiger partial charge in [0.15, 0.2) is 0 Å². The molecule has 2 aromatic rings. The SMILES string of the molecule is CCc1cc2ccccn2c1CN1CCC2(CC1)CCN(C(=O)OC(C)(C)C)CC2. The van der Waals surface area contributed by atoms with Crippen molar-refractivity contribution in [3.8, 4) is 0 Å². The Labute approximate surface area is 181 Å². The van der Waals surface area contributed by atoms with Gasteiger partial charge >= 0.3 is 6.09 Å². The molecule has 4 rings (SSSR count). The third kappa shape index (κ3) is 4.51. The molecule has 2 aliphatic rings. The first-order valence-electron chi connectivity index (χ1n) is 11.6. The minimum Gasteiger partial charge on any atom is -0.444 e. The Kier molecular flexibility index (Phi) is 5.84. The Balaban J connectivity index is 1.34. The first-order chi connectivity index (χ1) is 14.3. The third-order valence-electron chi connectivity index (χ3n) is 7.02. The number of carbonyl (C=O) groups is 1. The van der Waals surface area contributed by atoms with Crippen LogP contribution in [0.3, 0.4) is 0 Å². The van der Waals surface area contributed by atoms with Crippen LogP contribution in [0, 0.1) is 5.41 Å². The van der Waals surface area contributed by atoms with E-state index in [1.54, 1.807) is 0 Å². The summed E-state index contributed by atoms with van der Waals surface area (Å²) in [5, 5.41) is 0. The van der Waals surface area contributed by atoms with E-state index in [0.717, 1.165) is 52.0 Å². The van der Waals surface area contributed by atoms with Crippen LogP contribution in [-0.2, 0) is 17.7 Å². The lowest BCUT2D eigenvalue weighted by Crippen LogP contribution is -2.49. The minimum absolute atomic E-state index is 0.151. The highest BCUT2D eigenvalue weighted by atomic mass is 16.6. The predicted octanol–water partition coefficient (Wildman–Crippen LogP) is 5.11. The Morgan fingerprint density at radius 3 is 2.37 bits per heavy atom. The molecule has 0 unspecified atom stereocenters. The van der Waals surface area contributed by atoms with Gasteiger partial charge in [0, 0.05) is 37.0 Å². The monoisotopic (exact) mass is 411 g/mol. The molecule has 0 radical (unpaired) electrons. The summed E-state index contributed by atoms with van der Waals surface area (Å²) in [7, 11) is 0. The maximum atomic E-state index is 12.4. The number of rotatable bonds is 3. The van der Waals surface area contributed by atoms with E-state index in [1.807, 2.05) is 25.7 Å². The second-order valence-corrected chi connectivity index (χ2v) is 10.2. The zero-order valence-electron chi connectivity index (χ0n) is 19.1. The van der Waals surface area contributed by atoms with E-state index in [-0.39, 0.29) is 6.09 Å². The highest BCUT2D eigenvalue weighted by Crippen LogP contribution is 2.41. The van der Waals surface area contributed by atoms with E-state index in [1.165, 1.54) is 29.6 Å². The van der Waals surface area contributed by atoms with Crippen molar-refractivity contribution in [2.24, 2.45) is 5.41 Å². The summed E-state index contributed by atoms with van der Waals surface area (Å²) < 4.78 is 7.93. The van der Waals surface area contributed by atoms with E-state index in [2.05, 4.69) is 46.7 Å². The van der Waals surface area contributed by atoms with Gasteiger partial charge in [0.2, 0.25) is 0 Å². The van der Waals surface area contributed by atoms with Crippen molar-refractivity contribution < 1.29 is 9.53 Å². The fourth-order valence-corrected chi connectivity index (χ4v) is 5.11. The normalized spacial score (nSPS) is 20.1. The summed E-state index contributed by atoms with van der Waals surface area (Å²) in [6.45, 7) is 13.0. The van der Waals surface area contributed by atoms with Gasteiger partial charge in [0.1, 0.15) is 5.60 Å². The molecule has 164 valence electrons. The Bertz CT molecular complexity index is 877. The first-order valence-corrected chi connectivity index (χ1v) is 11.6. The van der Waals surface area contributed by atoms with E-state index in [0.29, 0.717) is 5.41 Å². The van der Waals surface area contributed by atoms with E-state index < -0.39 is 5.60 Å². The molecule has 2 saturated heterocycles. The fraction of sp³-hybridized carbons (Fsp3) is 0.640. The van der Waals surface area contributed by atoms with Gasteiger partial charge in [0.25, 0.3) is 0 Å². The molecule has 0 aliphatic carbocycles. The Morgan fingerprint density at radius 2 is 1.73 bits per heavy atom. The van der Waals surface area contributed by atoms with Crippen molar-refractivity contribution >= 4 is 11.6 Å². The van der Waals surface area contributed by atoms with E-state index in [4.69, 9.17) is 4.74 Å². The van der Waals surface area contributed by atoms with Crippen LogP contribution in [0.25, 0.3) is 5.52 Å². The van der Waals surface area contributed by atoms with Gasteiger partial charge < -0.3 is 14.0 Å². The number of aryl methyl sites for hydroxylation is 1. The van der Waals surface area contributed by atoms with Gasteiger partial charge in [-0.05, 0) is 95.1 Å². The van der Waals surface area contributed by atoms with E-state index >= 15 is 0 Å². The standard InChI is InChI=1S/C25H37N3O2/c1-5-20-18-21-8-6-7-13-28(21)22(20)19-26-14-9-25(10-15-26)11-16-27(17-12-25)23(29)30-24(2,3)4/h6-8,13,18H,5,9-12,14-17,19H2,1-4H3. The van der Waals surface area contributed by atoms with Gasteiger partial charge in [-0.3, -0.25) is 4.90 Å². The topological polar surface area (TPSA) is 37.2 Å². The van der Waals surface area contributed by atoms with Crippen LogP contribution in [0.15, 0.2) is 30.5 Å². The summed E-state index contributed by atoms with van der Waals surface area (Å²) in [5.74, 6) is 0. The summed E-state index contributed by atoms with van der Waals surface area (Å²) >= 11 is 0. The first kappa shape index (κ1) is 21.2. The predicted molar refractivity (Wildman–Crippen MR) is 121 cm³/mol. The quantitative estimate of drug-likeness (QED) is 0.704. The Morgan fingerprint density at radius 1 is 1.07 bits per heavy atom. The van der Waals surface area contributed by atoms with Crippen LogP contribution in [0.4, 0.5) is 4.79 Å². The van der Waals surface area contributed by atoms with Gasteiger partial charge in [0.05, 0.1) is 0 Å². The zero-order valence-corrected chi connectivity index (χ0v) is 19.1. The highest BCUT2D eigenvalue weighted by Gasteiger charge is 2.39. The average molecular weight is 412 g/mol. The number of hydrogen-bond acceptors (Lipinski definition) is 3. The molecular weight excluding hydrogens is 374 g/mol. The molecular formula is C25H37N3O2. The molecule has 0 bridgehead atoms. The van der Waals surface area contributed by atoms with Crippen molar-refractivity contribution in [2.45, 2.75) is 71.9 Å². The average Bonchev–Trinajstić information content (AvgIpc) is 3.07. The maximum absolute atomic E-state index is 12.4. The number of hydrogen-bond donors (Lipinski definition) is 0. The Hall–Kier alpha value is -2.01. The number of ether oxygens (including phenoxy) is 1. The fourth-order valence-electron chi connectivity index (χ4n) is 5.11. The van der Waals surface area contributed by atoms with Crippen molar-refractivity contribution in [3.63, 3.8) is 0 Å². The smallest absolute Gasteiger partial charge is 0.410 e. The maximum Gasteiger partial charge on any atom is 0.410 e. The van der Waals surface area contributed by atoms with Crippen LogP contribution in [-0.4, -0.2) is 52.1 Å². The number of amides is 1. The van der Waals surface area contributed by atoms with Crippen molar-refractivity contribution in [1.82, 2.24) is 14.2 Å². The molecule has 30 heavy (non-hydrogen) atoms. The largest absolute Gasteiger partial charge is 0.444 e. The summed E-state index contributed by atoms with van der Waals surface area (Å²) in [5.41, 5.74) is 4.20. The van der Waals surface area contributed by atoms with Crippen LogP contribution in [0.2, 0.25) is 0 Å². The van der Waals surface area contributed by atoms with Gasteiger partial charge in [-0.1, -0.05) is 13.0 Å². The third-order valence-corrected chi connectivity index (χ3v) is 7.02. The molecule has 1 amide bonds. The van der Waals surface area contributed by atoms with Crippen LogP contribution in [0.5, 0.6) is 0 Å². The van der Waals surface area contributed by atoms with Crippen molar-refractivity contribution in [2.75, 3.05) is 26.2 Å². The summed E-state index contributed by atoms with van der Waals surface area (Å²) in [6, 6.07) is 8.78. The number of fused-ring (bicyclic) bond motifs is 1. The lowest BCUT2D eigenvalue weighted by Gasteiger charge is -2.46. The van der Waals surface area contributed by atoms with Crippen LogP contribution < -0.4 is 0 Å². The molecule has 5 heteroatoms. The van der Waals surface area contributed by atoms with E-state index in [9.17, 15) is 4.79 Å². The molecule has 0 saturated carbocycles. The number of carbonyl (C=O) groups excluding carboxylic acids is 1. The lowest BCUT2D eigenvalue weighted by atomic mass is 9.71. The highest BCUT2D eigenvalue weighted by molar-refractivity contribution is 5.68. The van der Waals surface area contributed by atoms with Gasteiger partial charge in [-0.15, -0.1) is 0 Å². The molecule has 0 aromatic carbocycles. The number of pyridine rings is 1. The number of aromatic nitrogens is 1. The molecule has 1 spiro atoms. The molecule has 4 heterocycles. The van der Waals surface area contributed by atoms with Gasteiger partial charge in [-0.2, -0.15) is 0 Å². The molecule has 5 nitrogen and oxygen atoms in total. The molecule has 2 aromatic heterocycles. The minimum atomic E-state index is -0.419. The lowest BCUT2D eigenvalue weighted by molar-refractivity contribution is -0.00325. The number of likely N-dealkylation sites (tertiary alicyclic amines) is 2. The number of piperidine rings is 2. The second-order valence-electron chi connectivity index (χ2n) is 10.2. The second kappa shape index (κ2) is 8.26. The summed E-state index contributed by atoms with van der Waals surface area (Å²) in [4.78, 5) is 16.9. The molecule has 2 fully saturated rings. The molecule has 2 aliphatic heterocycles. The van der Waals surface area contributed by atoms with Crippen LogP contribution >= 0.6 is 0 Å². The van der Waals surface area contributed by atoms with Crippen LogP contribution in [0.1, 0.15) is 64.6 Å². The van der Waals surface area contributed by atoms with Gasteiger partial charge in [-0.25, -0.2) is 4.79 Å². The molecule has 0 atom stereocenters. The molecule has 0 N–H and O–H groups in total. The number of nitrogens with zero attached hydrogens (tertiary/aromatic N) is 3. The van der Waals surface area contributed by atoms with Crippen molar-refractivity contribution in [1.29, 1.82) is 0 Å². The summed E-state index contributed by atoms with van der Waals surface area (Å²) in [6.07, 6.45) is 7.81. The zero-order chi connectivity index (χ0) is 21.4. The van der Waals surface area contributed by atoms with Crippen molar-refractivity contribution in [3.05, 3.63) is 41.7 Å².